The molecule has 0 saturated carbocycles. The predicted molar refractivity (Wildman–Crippen MR) is 75.3 cm³/mol. The van der Waals surface area contributed by atoms with Crippen molar-refractivity contribution in [2.45, 2.75) is 39.2 Å². The largest absolute Gasteiger partial charge is 0.308 e. The van der Waals surface area contributed by atoms with Gasteiger partial charge in [-0.05, 0) is 6.42 Å². The van der Waals surface area contributed by atoms with Crippen LogP contribution in [0.2, 0.25) is 0 Å². The van der Waals surface area contributed by atoms with Gasteiger partial charge >= 0.3 is 22.9 Å². The minimum absolute atomic E-state index is 1.06. The number of unbranched alkanes of at least 4 members (excludes halogenated alkanes) is 3. The topological polar surface area (TPSA) is 5.90 Å². The second kappa shape index (κ2) is 8.11. The molecule has 0 fully saturated rings. The molecule has 0 aliphatic rings. The minimum atomic E-state index is 1.06. The van der Waals surface area contributed by atoms with Crippen molar-refractivity contribution < 1.29 is 0 Å². The molecule has 0 aliphatic carbocycles. The highest BCUT2D eigenvalue weighted by Gasteiger charge is 2.10. The Hall–Kier alpha value is -0.0900. The van der Waals surface area contributed by atoms with Crippen LogP contribution >= 0.6 is 22.9 Å². The van der Waals surface area contributed by atoms with Gasteiger partial charge in [-0.25, -0.2) is 0 Å². The van der Waals surface area contributed by atoms with Crippen LogP contribution in [0, 0.1) is 0 Å². The standard InChI is InChI=1S/C13H20IN/c1-2-3-4-8-11-15(14)12-13-9-6-5-7-10-13/h5-7,9-10H,2-4,8,11-12H2,1H3/q+1. The lowest BCUT2D eigenvalue weighted by atomic mass is 10.2. The second-order valence-corrected chi connectivity index (χ2v) is 5.26. The summed E-state index contributed by atoms with van der Waals surface area (Å²) in [6.45, 7) is 4.52. The van der Waals surface area contributed by atoms with Crippen molar-refractivity contribution in [3.63, 3.8) is 0 Å². The van der Waals surface area contributed by atoms with Crippen molar-refractivity contribution in [3.05, 3.63) is 35.9 Å². The number of hydrogen-bond acceptors (Lipinski definition) is 1. The molecular weight excluding hydrogens is 297 g/mol. The van der Waals surface area contributed by atoms with Crippen LogP contribution in [0.25, 0.3) is 0 Å². The highest BCUT2D eigenvalue weighted by atomic mass is 127. The third-order valence-electron chi connectivity index (χ3n) is 2.45. The first-order chi connectivity index (χ1) is 7.33. The molecule has 0 atom stereocenters. The first-order valence-corrected chi connectivity index (χ1v) is 6.74. The van der Waals surface area contributed by atoms with E-state index >= 15 is 0 Å². The van der Waals surface area contributed by atoms with Gasteiger partial charge in [0.2, 0.25) is 0 Å². The molecule has 0 bridgehead atoms. The number of hydrogen-bond donors (Lipinski definition) is 0. The van der Waals surface area contributed by atoms with Gasteiger partial charge in [0.25, 0.3) is 0 Å². The molecule has 1 rings (SSSR count). The van der Waals surface area contributed by atoms with E-state index in [4.69, 9.17) is 0 Å². The van der Waals surface area contributed by atoms with Crippen molar-refractivity contribution in [2.24, 2.45) is 0 Å². The van der Waals surface area contributed by atoms with Gasteiger partial charge in [0, 0.05) is 12.0 Å². The molecule has 0 heterocycles. The normalized spacial score (nSPS) is 10.9. The third-order valence-corrected chi connectivity index (χ3v) is 3.27. The summed E-state index contributed by atoms with van der Waals surface area (Å²) in [7, 11) is 0. The van der Waals surface area contributed by atoms with Gasteiger partial charge in [-0.1, -0.05) is 50.1 Å². The lowest BCUT2D eigenvalue weighted by Crippen LogP contribution is -2.18. The second-order valence-electron chi connectivity index (χ2n) is 3.89. The molecule has 1 aromatic rings. The monoisotopic (exact) mass is 317 g/mol. The highest BCUT2D eigenvalue weighted by molar-refractivity contribution is 14.1. The minimum Gasteiger partial charge on any atom is -0.105 e. The fourth-order valence-electron chi connectivity index (χ4n) is 1.57. The Morgan fingerprint density at radius 2 is 1.80 bits per heavy atom. The molecule has 1 nitrogen and oxygen atoms in total. The summed E-state index contributed by atoms with van der Waals surface area (Å²) in [6.07, 6.45) is 5.38. The van der Waals surface area contributed by atoms with Crippen LogP contribution in [0.3, 0.4) is 0 Å². The Morgan fingerprint density at radius 3 is 2.47 bits per heavy atom. The quantitative estimate of drug-likeness (QED) is 0.403. The molecule has 1 aromatic carbocycles. The molecule has 0 aromatic heterocycles. The van der Waals surface area contributed by atoms with Crippen LogP contribution in [0.15, 0.2) is 30.3 Å². The van der Waals surface area contributed by atoms with E-state index in [1.54, 1.807) is 0 Å². The Labute approximate surface area is 107 Å². The SMILES string of the molecule is CCCCCC[N+](I)Cc1ccccc1. The molecule has 15 heavy (non-hydrogen) atoms. The van der Waals surface area contributed by atoms with Gasteiger partial charge < -0.3 is 0 Å². The first kappa shape index (κ1) is 13.0. The van der Waals surface area contributed by atoms with Crippen LogP contribution < -0.4 is 3.11 Å². The van der Waals surface area contributed by atoms with Crippen LogP contribution in [-0.2, 0) is 6.54 Å². The van der Waals surface area contributed by atoms with Crippen molar-refractivity contribution in [2.75, 3.05) is 6.54 Å². The van der Waals surface area contributed by atoms with Crippen molar-refractivity contribution in [1.82, 2.24) is 3.11 Å². The van der Waals surface area contributed by atoms with Gasteiger partial charge in [-0.3, -0.25) is 0 Å². The van der Waals surface area contributed by atoms with Gasteiger partial charge in [0.05, 0.1) is 0 Å². The molecule has 0 N–H and O–H groups in total. The average molecular weight is 317 g/mol. The van der Waals surface area contributed by atoms with E-state index in [1.165, 1.54) is 37.8 Å². The fourth-order valence-corrected chi connectivity index (χ4v) is 2.31. The van der Waals surface area contributed by atoms with Crippen LogP contribution in [-0.4, -0.2) is 6.54 Å². The van der Waals surface area contributed by atoms with Crippen LogP contribution in [0.1, 0.15) is 38.2 Å². The summed E-state index contributed by atoms with van der Waals surface area (Å²) in [6, 6.07) is 10.7. The van der Waals surface area contributed by atoms with Gasteiger partial charge in [0.15, 0.2) is 6.54 Å². The van der Waals surface area contributed by atoms with Crippen molar-refractivity contribution in [3.8, 4) is 0 Å². The van der Waals surface area contributed by atoms with E-state index in [0.717, 1.165) is 6.54 Å². The number of halogens is 1. The zero-order chi connectivity index (χ0) is 10.9. The number of nitrogens with zero attached hydrogens (tertiary/aromatic N) is 1. The summed E-state index contributed by atoms with van der Waals surface area (Å²) in [5, 5.41) is 0. The van der Waals surface area contributed by atoms with Crippen LogP contribution in [0.4, 0.5) is 0 Å². The fraction of sp³-hybridized carbons (Fsp3) is 0.538. The number of rotatable bonds is 7. The molecule has 0 spiro atoms. The zero-order valence-corrected chi connectivity index (χ0v) is 11.6. The summed E-state index contributed by atoms with van der Waals surface area (Å²) in [5.74, 6) is 0. The van der Waals surface area contributed by atoms with Crippen LogP contribution in [0.5, 0.6) is 0 Å². The van der Waals surface area contributed by atoms with Gasteiger partial charge in [0.1, 0.15) is 6.54 Å². The molecular formula is C13H20IN+. The van der Waals surface area contributed by atoms with Gasteiger partial charge in [-0.15, -0.1) is 3.11 Å². The number of benzene rings is 1. The van der Waals surface area contributed by atoms with E-state index in [1.807, 2.05) is 0 Å². The average Bonchev–Trinajstić information content (AvgIpc) is 2.26. The summed E-state index contributed by atoms with van der Waals surface area (Å²) >= 11 is 2.43. The smallest absolute Gasteiger partial charge is 0.105 e. The van der Waals surface area contributed by atoms with E-state index in [0.29, 0.717) is 0 Å². The van der Waals surface area contributed by atoms with E-state index in [-0.39, 0.29) is 0 Å². The Morgan fingerprint density at radius 1 is 1.07 bits per heavy atom. The molecule has 0 unspecified atom stereocenters. The first-order valence-electron chi connectivity index (χ1n) is 5.77. The molecule has 0 aliphatic heterocycles. The Balaban J connectivity index is 2.16. The third kappa shape index (κ3) is 6.15. The summed E-state index contributed by atoms with van der Waals surface area (Å²) < 4.78 is 2.38. The van der Waals surface area contributed by atoms with Crippen molar-refractivity contribution >= 4 is 22.9 Å². The Kier molecular flexibility index (Phi) is 7.01. The molecule has 83 valence electrons. The van der Waals surface area contributed by atoms with E-state index in [2.05, 4.69) is 63.2 Å². The highest BCUT2D eigenvalue weighted by Crippen LogP contribution is 2.08. The maximum absolute atomic E-state index is 2.43. The van der Waals surface area contributed by atoms with E-state index in [9.17, 15) is 0 Å². The lowest BCUT2D eigenvalue weighted by molar-refractivity contribution is 0.572. The Bertz CT molecular complexity index is 248. The zero-order valence-electron chi connectivity index (χ0n) is 9.45. The predicted octanol–water partition coefficient (Wildman–Crippen LogP) is 4.26. The molecule has 1 radical (unpaired) electrons. The maximum atomic E-state index is 2.43. The summed E-state index contributed by atoms with van der Waals surface area (Å²) in [4.78, 5) is 0. The molecule has 0 amide bonds. The maximum Gasteiger partial charge on any atom is 0.308 e. The molecule has 0 saturated heterocycles. The summed E-state index contributed by atoms with van der Waals surface area (Å²) in [5.41, 5.74) is 1.40. The van der Waals surface area contributed by atoms with E-state index < -0.39 is 0 Å². The van der Waals surface area contributed by atoms with Crippen molar-refractivity contribution in [1.29, 1.82) is 0 Å². The van der Waals surface area contributed by atoms with Gasteiger partial charge in [-0.2, -0.15) is 0 Å². The molecule has 2 heteroatoms. The lowest BCUT2D eigenvalue weighted by Gasteiger charge is -2.03.